The summed E-state index contributed by atoms with van der Waals surface area (Å²) in [6.07, 6.45) is -7.26. The molecular weight excluding hydrogens is 982 g/mol. The van der Waals surface area contributed by atoms with E-state index >= 15 is 0 Å². The Balaban J connectivity index is 0.000000225. The summed E-state index contributed by atoms with van der Waals surface area (Å²) in [4.78, 5) is 61.5. The van der Waals surface area contributed by atoms with Crippen LogP contribution in [0.4, 0.5) is 26.3 Å². The number of rotatable bonds is 8. The number of aromatic nitrogens is 8. The number of alkyl halides is 6. The van der Waals surface area contributed by atoms with Crippen LogP contribution in [0.1, 0.15) is 53.4 Å². The second-order valence-corrected chi connectivity index (χ2v) is 15.6. The van der Waals surface area contributed by atoms with Gasteiger partial charge in [0.1, 0.15) is 0 Å². The zero-order valence-corrected chi connectivity index (χ0v) is 39.9. The van der Waals surface area contributed by atoms with Gasteiger partial charge in [-0.05, 0) is 47.2 Å². The summed E-state index contributed by atoms with van der Waals surface area (Å²) in [5.41, 5.74) is 5.78. The molecule has 2 aliphatic heterocycles. The molecule has 0 atom stereocenters. The predicted octanol–water partition coefficient (Wildman–Crippen LogP) is 12.1. The molecule has 69 heavy (non-hydrogen) atoms. The summed E-state index contributed by atoms with van der Waals surface area (Å²) >= 11 is 0. The van der Waals surface area contributed by atoms with Gasteiger partial charge in [0, 0.05) is 68.8 Å². The first kappa shape index (κ1) is 51.5. The van der Waals surface area contributed by atoms with Crippen molar-refractivity contribution in [2.45, 2.75) is 65.7 Å². The number of ketones is 2. The smallest absolute Gasteiger partial charge is 0.504 e. The van der Waals surface area contributed by atoms with Crippen LogP contribution < -0.4 is 9.97 Å². The quantitative estimate of drug-likeness (QED) is 0.0836. The molecule has 12 nitrogen and oxygen atoms in total. The van der Waals surface area contributed by atoms with E-state index in [9.17, 15) is 35.9 Å². The third kappa shape index (κ3) is 11.4. The minimum absolute atomic E-state index is 0. The molecule has 2 aliphatic rings. The fourth-order valence-corrected chi connectivity index (χ4v) is 7.51. The number of carbonyl (C=O) groups excluding carboxylic acids is 2. The molecule has 7 aromatic rings. The average Bonchev–Trinajstić information content (AvgIpc) is 4.05. The van der Waals surface area contributed by atoms with Crippen LogP contribution in [0.5, 0.6) is 0 Å². The van der Waals surface area contributed by atoms with Crippen LogP contribution in [0.3, 0.4) is 0 Å². The first-order chi connectivity index (χ1) is 32.4. The number of hydrogen-bond donors (Lipinski definition) is 2. The van der Waals surface area contributed by atoms with Crippen LogP contribution in [-0.4, -0.2) is 64.0 Å². The predicted molar refractivity (Wildman–Crippen MR) is 246 cm³/mol. The molecule has 0 saturated carbocycles. The Hall–Kier alpha value is -6.88. The summed E-state index contributed by atoms with van der Waals surface area (Å²) < 4.78 is 70.9. The number of nitrogens with zero attached hydrogens (tertiary/aromatic N) is 8. The number of carbonyl (C=O) groups is 2. The van der Waals surface area contributed by atoms with Crippen molar-refractivity contribution in [3.05, 3.63) is 121 Å². The number of allylic oxidation sites excluding steroid dienone is 4. The van der Waals surface area contributed by atoms with Crippen molar-refractivity contribution in [3.8, 4) is 45.6 Å². The molecule has 0 unspecified atom stereocenters. The van der Waals surface area contributed by atoms with Gasteiger partial charge in [0.15, 0.2) is 11.6 Å². The second-order valence-electron chi connectivity index (χ2n) is 15.6. The molecule has 0 saturated heterocycles. The fourth-order valence-electron chi connectivity index (χ4n) is 7.51. The molecule has 3 aromatic heterocycles. The maximum atomic E-state index is 11.8. The third-order valence-electron chi connectivity index (χ3n) is 11.2. The second kappa shape index (κ2) is 21.6. The van der Waals surface area contributed by atoms with Gasteiger partial charge in [0.05, 0.1) is 23.3 Å². The Bertz CT molecular complexity index is 2890. The molecule has 5 heterocycles. The molecule has 9 rings (SSSR count). The Labute approximate surface area is 409 Å². The van der Waals surface area contributed by atoms with Gasteiger partial charge >= 0.3 is 38.6 Å². The van der Waals surface area contributed by atoms with E-state index < -0.39 is 47.3 Å². The van der Waals surface area contributed by atoms with Gasteiger partial charge in [-0.25, -0.2) is 9.97 Å². The molecule has 0 aliphatic carbocycles. The molecule has 4 aromatic carbocycles. The number of aliphatic hydroxyl groups is 2. The molecule has 2 N–H and O–H groups in total. The fraction of sp³-hybridized carbons (Fsp3) is 0.240. The van der Waals surface area contributed by atoms with Gasteiger partial charge in [0.2, 0.25) is 11.5 Å². The van der Waals surface area contributed by atoms with Crippen LogP contribution in [0.25, 0.3) is 89.7 Å². The van der Waals surface area contributed by atoms with Crippen molar-refractivity contribution >= 4 is 55.7 Å². The minimum Gasteiger partial charge on any atom is -0.504 e. The van der Waals surface area contributed by atoms with Crippen molar-refractivity contribution in [1.82, 2.24) is 39.9 Å². The van der Waals surface area contributed by atoms with Crippen LogP contribution in [0.2, 0.25) is 0 Å². The SMILES string of the molecule is CCC(CC)C(=O)C=C(O)C(F)(F)F.CCC(CC)C(=O)C=C(O)C(F)(F)F.[Zr+2].c1ccc2c(c1)-c1nc-2nc2[n-]c(nc3nc(nc4[n-]c(n1)c1ccccc41)-c1ccccc1-3)c1ccccc21. The van der Waals surface area contributed by atoms with Crippen molar-refractivity contribution < 1.29 is 72.3 Å². The summed E-state index contributed by atoms with van der Waals surface area (Å²) in [5, 5.41) is 20.6. The first-order valence-electron chi connectivity index (χ1n) is 21.6. The number of aliphatic hydroxyl groups excluding tert-OH is 2. The zero-order valence-electron chi connectivity index (χ0n) is 37.4. The third-order valence-corrected chi connectivity index (χ3v) is 11.2. The van der Waals surface area contributed by atoms with E-state index in [2.05, 4.69) is 0 Å². The Morgan fingerprint density at radius 1 is 0.464 bits per heavy atom. The van der Waals surface area contributed by atoms with E-state index in [1.807, 2.05) is 97.1 Å². The Morgan fingerprint density at radius 2 is 0.696 bits per heavy atom. The average molecular weight is 1020 g/mol. The molecule has 0 spiro atoms. The zero-order chi connectivity index (χ0) is 48.9. The number of halogens is 6. The van der Waals surface area contributed by atoms with Crippen LogP contribution in [-0.2, 0) is 35.8 Å². The Morgan fingerprint density at radius 3 is 0.913 bits per heavy atom. The van der Waals surface area contributed by atoms with E-state index in [4.69, 9.17) is 50.1 Å². The Kier molecular flexibility index (Phi) is 16.1. The molecule has 0 radical (unpaired) electrons. The van der Waals surface area contributed by atoms with E-state index in [1.54, 1.807) is 27.7 Å². The normalized spacial score (nSPS) is 12.4. The number of benzene rings is 4. The van der Waals surface area contributed by atoms with Gasteiger partial charge in [-0.15, -0.1) is 0 Å². The van der Waals surface area contributed by atoms with E-state index in [0.717, 1.165) is 43.8 Å². The molecular formula is C50H42F6N8O4Zr. The molecule has 8 bridgehead atoms. The molecule has 0 amide bonds. The van der Waals surface area contributed by atoms with Crippen molar-refractivity contribution in [1.29, 1.82) is 0 Å². The van der Waals surface area contributed by atoms with E-state index in [1.165, 1.54) is 0 Å². The van der Waals surface area contributed by atoms with Gasteiger partial charge in [-0.1, -0.05) is 125 Å². The monoisotopic (exact) mass is 1020 g/mol. The van der Waals surface area contributed by atoms with Crippen molar-refractivity contribution in [2.24, 2.45) is 11.8 Å². The first-order valence-corrected chi connectivity index (χ1v) is 21.6. The van der Waals surface area contributed by atoms with Crippen LogP contribution in [0, 0.1) is 11.8 Å². The summed E-state index contributed by atoms with van der Waals surface area (Å²) in [6, 6.07) is 31.8. The molecule has 19 heteroatoms. The maximum absolute atomic E-state index is 11.8. The van der Waals surface area contributed by atoms with Gasteiger partial charge in [0.25, 0.3) is 0 Å². The van der Waals surface area contributed by atoms with Crippen LogP contribution in [0.15, 0.2) is 121 Å². The standard InChI is InChI=1S/C32H16N8.2C9H13F3O2.Zr/c1-2-10-18-17(9-1)25-33-26(18)38-28-21-13-5-6-14-22(21)30(35-28)40-32-24-16-8-7-15-23(24)31(36-32)39-29-20-12-4-3-11-19(20)27(34-29)37-25;2*1-3-6(4-2)7(13)5-8(14)9(10,11)12;/h1-16H;2*5-6,14H,3-4H2,1-2H3;/q-2;;;+2. The largest absolute Gasteiger partial charge is 2.00 e. The number of fused-ring (bicyclic) bond motifs is 20. The van der Waals surface area contributed by atoms with Gasteiger partial charge < -0.3 is 40.1 Å². The maximum Gasteiger partial charge on any atom is 2.00 e. The van der Waals surface area contributed by atoms with Crippen LogP contribution >= 0.6 is 0 Å². The topological polar surface area (TPSA) is 180 Å². The van der Waals surface area contributed by atoms with Gasteiger partial charge in [-0.3, -0.25) is 9.59 Å². The van der Waals surface area contributed by atoms with E-state index in [0.29, 0.717) is 71.6 Å². The van der Waals surface area contributed by atoms with E-state index in [-0.39, 0.29) is 38.4 Å². The molecule has 0 fully saturated rings. The van der Waals surface area contributed by atoms with Crippen molar-refractivity contribution in [2.75, 3.05) is 0 Å². The minimum atomic E-state index is -4.83. The van der Waals surface area contributed by atoms with Crippen molar-refractivity contribution in [3.63, 3.8) is 0 Å². The molecule has 352 valence electrons. The summed E-state index contributed by atoms with van der Waals surface area (Å²) in [5.74, 6) is -3.68. The summed E-state index contributed by atoms with van der Waals surface area (Å²) in [6.45, 7) is 6.85. The number of hydrogen-bond acceptors (Lipinski definition) is 10. The summed E-state index contributed by atoms with van der Waals surface area (Å²) in [7, 11) is 0. The van der Waals surface area contributed by atoms with Gasteiger partial charge in [-0.2, -0.15) is 26.3 Å².